The average Bonchev–Trinajstić information content (AvgIpc) is 2.83. The summed E-state index contributed by atoms with van der Waals surface area (Å²) < 4.78 is 27.1. The molecular weight excluding hydrogens is 442 g/mol. The van der Waals surface area contributed by atoms with Crippen LogP contribution in [0, 0.1) is 17.2 Å². The number of hydrogen-bond acceptors (Lipinski definition) is 6. The summed E-state index contributed by atoms with van der Waals surface area (Å²) in [6.45, 7) is 0.623. The van der Waals surface area contributed by atoms with E-state index < -0.39 is 10.0 Å². The number of carbonyl (C=O) groups excluding carboxylic acids is 1. The zero-order valence-electron chi connectivity index (χ0n) is 18.1. The highest BCUT2D eigenvalue weighted by molar-refractivity contribution is 7.89. The fourth-order valence-electron chi connectivity index (χ4n) is 4.02. The Kier molecular flexibility index (Phi) is 6.26. The Hall–Kier alpha value is -3.55. The van der Waals surface area contributed by atoms with Crippen molar-refractivity contribution < 1.29 is 13.2 Å². The van der Waals surface area contributed by atoms with E-state index in [2.05, 4.69) is 9.97 Å². The van der Waals surface area contributed by atoms with Crippen LogP contribution in [-0.2, 0) is 21.4 Å². The Morgan fingerprint density at radius 1 is 1.18 bits per heavy atom. The molecule has 1 aromatic heterocycles. The number of H-pyrrole nitrogens is 1. The van der Waals surface area contributed by atoms with E-state index in [1.165, 1.54) is 33.5 Å². The van der Waals surface area contributed by atoms with E-state index in [9.17, 15) is 18.0 Å². The van der Waals surface area contributed by atoms with Crippen molar-refractivity contribution in [2.45, 2.75) is 24.3 Å². The van der Waals surface area contributed by atoms with Crippen LogP contribution in [0.5, 0.6) is 0 Å². The van der Waals surface area contributed by atoms with Crippen LogP contribution in [0.3, 0.4) is 0 Å². The molecule has 1 aliphatic heterocycles. The number of nitrogens with zero attached hydrogens (tertiary/aromatic N) is 4. The fourth-order valence-corrected chi connectivity index (χ4v) is 5.49. The standard InChI is InChI=1S/C23H23N5O4S/c1-27(15-21-25-20-5-3-2-4-19(20)22(29)26-21)23(30)17-10-12-28(13-11-17)33(31,32)18-8-6-16(14-24)7-9-18/h2-9,17H,10-13,15H2,1H3,(H,25,26,29). The Morgan fingerprint density at radius 3 is 2.52 bits per heavy atom. The molecule has 4 rings (SSSR count). The topological polar surface area (TPSA) is 127 Å². The van der Waals surface area contributed by atoms with Gasteiger partial charge in [-0.05, 0) is 49.2 Å². The molecule has 1 N–H and O–H groups in total. The van der Waals surface area contributed by atoms with Gasteiger partial charge in [-0.1, -0.05) is 12.1 Å². The molecular formula is C23H23N5O4S. The maximum absolute atomic E-state index is 13.0. The molecule has 10 heteroatoms. The summed E-state index contributed by atoms with van der Waals surface area (Å²) in [5, 5.41) is 9.38. The number of amides is 1. The minimum Gasteiger partial charge on any atom is -0.338 e. The summed E-state index contributed by atoms with van der Waals surface area (Å²) in [6.07, 6.45) is 0.806. The van der Waals surface area contributed by atoms with Gasteiger partial charge in [-0.2, -0.15) is 9.57 Å². The van der Waals surface area contributed by atoms with Gasteiger partial charge in [-0.25, -0.2) is 13.4 Å². The lowest BCUT2D eigenvalue weighted by Gasteiger charge is -2.32. The first kappa shape index (κ1) is 22.6. The van der Waals surface area contributed by atoms with Gasteiger partial charge in [0.2, 0.25) is 15.9 Å². The first-order valence-electron chi connectivity index (χ1n) is 10.5. The zero-order valence-corrected chi connectivity index (χ0v) is 18.9. The van der Waals surface area contributed by atoms with Crippen LogP contribution in [0.15, 0.2) is 58.2 Å². The molecule has 1 saturated heterocycles. The molecule has 0 unspecified atom stereocenters. The number of para-hydroxylation sites is 1. The van der Waals surface area contributed by atoms with Crippen LogP contribution in [-0.4, -0.2) is 53.6 Å². The average molecular weight is 466 g/mol. The smallest absolute Gasteiger partial charge is 0.258 e. The highest BCUT2D eigenvalue weighted by atomic mass is 32.2. The van der Waals surface area contributed by atoms with E-state index in [1.807, 2.05) is 6.07 Å². The molecule has 1 fully saturated rings. The molecule has 1 aliphatic rings. The second-order valence-corrected chi connectivity index (χ2v) is 9.98. The van der Waals surface area contributed by atoms with Crippen molar-refractivity contribution in [3.8, 4) is 6.07 Å². The van der Waals surface area contributed by atoms with Crippen molar-refractivity contribution >= 4 is 26.8 Å². The largest absolute Gasteiger partial charge is 0.338 e. The number of aromatic amines is 1. The number of sulfonamides is 1. The number of fused-ring (bicyclic) bond motifs is 1. The minimum absolute atomic E-state index is 0.110. The summed E-state index contributed by atoms with van der Waals surface area (Å²) in [5.74, 6) is -0.0220. The Bertz CT molecular complexity index is 1380. The van der Waals surface area contributed by atoms with E-state index in [0.29, 0.717) is 35.1 Å². The van der Waals surface area contributed by atoms with Crippen molar-refractivity contribution in [1.29, 1.82) is 5.26 Å². The highest BCUT2D eigenvalue weighted by Gasteiger charge is 2.33. The minimum atomic E-state index is -3.68. The predicted octanol–water partition coefficient (Wildman–Crippen LogP) is 1.85. The van der Waals surface area contributed by atoms with Crippen LogP contribution in [0.25, 0.3) is 10.9 Å². The summed E-state index contributed by atoms with van der Waals surface area (Å²) in [4.78, 5) is 34.0. The van der Waals surface area contributed by atoms with Crippen LogP contribution in [0.4, 0.5) is 0 Å². The fraction of sp³-hybridized carbons (Fsp3) is 0.304. The number of piperidine rings is 1. The Morgan fingerprint density at radius 2 is 1.85 bits per heavy atom. The molecule has 2 heterocycles. The molecule has 0 atom stereocenters. The quantitative estimate of drug-likeness (QED) is 0.613. The van der Waals surface area contributed by atoms with Gasteiger partial charge in [-0.3, -0.25) is 9.59 Å². The molecule has 0 spiro atoms. The van der Waals surface area contributed by atoms with Gasteiger partial charge >= 0.3 is 0 Å². The number of nitrogens with one attached hydrogen (secondary N) is 1. The van der Waals surface area contributed by atoms with Crippen molar-refractivity contribution in [3.63, 3.8) is 0 Å². The van der Waals surface area contributed by atoms with Crippen LogP contribution in [0.2, 0.25) is 0 Å². The van der Waals surface area contributed by atoms with Crippen molar-refractivity contribution in [2.75, 3.05) is 20.1 Å². The molecule has 0 radical (unpaired) electrons. The molecule has 2 aromatic carbocycles. The van der Waals surface area contributed by atoms with Gasteiger partial charge < -0.3 is 9.88 Å². The van der Waals surface area contributed by atoms with Gasteiger partial charge in [0, 0.05) is 26.1 Å². The third-order valence-electron chi connectivity index (χ3n) is 5.85. The number of carbonyl (C=O) groups is 1. The van der Waals surface area contributed by atoms with Crippen LogP contribution >= 0.6 is 0 Å². The third-order valence-corrected chi connectivity index (χ3v) is 7.76. The van der Waals surface area contributed by atoms with Gasteiger partial charge in [0.25, 0.3) is 5.56 Å². The lowest BCUT2D eigenvalue weighted by molar-refractivity contribution is -0.136. The van der Waals surface area contributed by atoms with Crippen molar-refractivity contribution in [1.82, 2.24) is 19.2 Å². The van der Waals surface area contributed by atoms with E-state index in [0.717, 1.165) is 0 Å². The SMILES string of the molecule is CN(Cc1nc2ccccc2c(=O)[nH]1)C(=O)C1CCN(S(=O)(=O)c2ccc(C#N)cc2)CC1. The number of benzene rings is 2. The van der Waals surface area contributed by atoms with E-state index in [4.69, 9.17) is 5.26 Å². The van der Waals surface area contributed by atoms with E-state index in [-0.39, 0.29) is 41.9 Å². The summed E-state index contributed by atoms with van der Waals surface area (Å²) >= 11 is 0. The number of aromatic nitrogens is 2. The molecule has 0 saturated carbocycles. The lowest BCUT2D eigenvalue weighted by atomic mass is 9.96. The normalized spacial score (nSPS) is 15.3. The van der Waals surface area contributed by atoms with Gasteiger partial charge in [0.1, 0.15) is 5.82 Å². The zero-order chi connectivity index (χ0) is 23.6. The highest BCUT2D eigenvalue weighted by Crippen LogP contribution is 2.25. The molecule has 9 nitrogen and oxygen atoms in total. The third kappa shape index (κ3) is 4.65. The first-order valence-corrected chi connectivity index (χ1v) is 12.0. The predicted molar refractivity (Wildman–Crippen MR) is 121 cm³/mol. The number of hydrogen-bond donors (Lipinski definition) is 1. The Balaban J connectivity index is 1.39. The number of rotatable bonds is 5. The van der Waals surface area contributed by atoms with Crippen molar-refractivity contribution in [2.24, 2.45) is 5.92 Å². The molecule has 33 heavy (non-hydrogen) atoms. The summed E-state index contributed by atoms with van der Waals surface area (Å²) in [5.41, 5.74) is 0.708. The van der Waals surface area contributed by atoms with E-state index >= 15 is 0 Å². The summed E-state index contributed by atoms with van der Waals surface area (Å²) in [6, 6.07) is 14.8. The Labute approximate surface area is 191 Å². The lowest BCUT2D eigenvalue weighted by Crippen LogP contribution is -2.43. The maximum Gasteiger partial charge on any atom is 0.258 e. The van der Waals surface area contributed by atoms with Crippen molar-refractivity contribution in [3.05, 3.63) is 70.3 Å². The molecule has 170 valence electrons. The van der Waals surface area contributed by atoms with Gasteiger partial charge in [0.05, 0.1) is 34.0 Å². The summed E-state index contributed by atoms with van der Waals surface area (Å²) in [7, 11) is -2.03. The van der Waals surface area contributed by atoms with Crippen LogP contribution in [0.1, 0.15) is 24.2 Å². The van der Waals surface area contributed by atoms with Gasteiger partial charge in [-0.15, -0.1) is 0 Å². The molecule has 3 aromatic rings. The number of nitriles is 1. The second-order valence-electron chi connectivity index (χ2n) is 8.04. The molecule has 0 bridgehead atoms. The van der Waals surface area contributed by atoms with Crippen LogP contribution < -0.4 is 5.56 Å². The maximum atomic E-state index is 13.0. The monoisotopic (exact) mass is 465 g/mol. The molecule has 1 amide bonds. The second kappa shape index (κ2) is 9.13. The van der Waals surface area contributed by atoms with Gasteiger partial charge in [0.15, 0.2) is 0 Å². The first-order chi connectivity index (χ1) is 15.8. The molecule has 0 aliphatic carbocycles. The van der Waals surface area contributed by atoms with E-state index in [1.54, 1.807) is 31.3 Å².